The average molecular weight is 263 g/mol. The highest BCUT2D eigenvalue weighted by Crippen LogP contribution is 2.30. The Bertz CT molecular complexity index is 433. The van der Waals surface area contributed by atoms with E-state index in [4.69, 9.17) is 18.0 Å². The van der Waals surface area contributed by atoms with E-state index in [1.165, 1.54) is 19.3 Å². The number of pyridine rings is 1. The summed E-state index contributed by atoms with van der Waals surface area (Å²) in [7, 11) is 0. The van der Waals surface area contributed by atoms with Gasteiger partial charge in [-0.05, 0) is 43.2 Å². The van der Waals surface area contributed by atoms with Crippen LogP contribution in [0.1, 0.15) is 38.7 Å². The Balaban J connectivity index is 2.01. The Hall–Kier alpha value is -1.16. The first-order valence-corrected chi connectivity index (χ1v) is 6.99. The topological polar surface area (TPSA) is 50.9 Å². The summed E-state index contributed by atoms with van der Waals surface area (Å²) in [6.07, 6.45) is 5.46. The summed E-state index contributed by atoms with van der Waals surface area (Å²) >= 11 is 4.98. The van der Waals surface area contributed by atoms with Crippen molar-refractivity contribution in [3.05, 3.63) is 23.9 Å². The van der Waals surface area contributed by atoms with Crippen LogP contribution in [0.5, 0.6) is 0 Å². The number of hydrogen-bond acceptors (Lipinski definition) is 3. The number of anilines is 1. The largest absolute Gasteiger partial charge is 0.389 e. The lowest BCUT2D eigenvalue weighted by Crippen LogP contribution is -2.30. The number of hydrogen-bond donors (Lipinski definition) is 2. The molecule has 3 N–H and O–H groups in total. The zero-order chi connectivity index (χ0) is 13.1. The molecule has 0 bridgehead atoms. The van der Waals surface area contributed by atoms with E-state index in [-0.39, 0.29) is 0 Å². The van der Waals surface area contributed by atoms with E-state index < -0.39 is 0 Å². The number of nitrogens with one attached hydrogen (secondary N) is 1. The molecule has 0 saturated heterocycles. The Morgan fingerprint density at radius 1 is 1.39 bits per heavy atom. The second-order valence-corrected chi connectivity index (χ2v) is 5.84. The van der Waals surface area contributed by atoms with Crippen LogP contribution in [0.25, 0.3) is 0 Å². The number of nitrogens with zero attached hydrogens (tertiary/aromatic N) is 1. The lowest BCUT2D eigenvalue weighted by atomic mass is 9.79. The minimum absolute atomic E-state index is 0.422. The van der Waals surface area contributed by atoms with Crippen molar-refractivity contribution in [1.29, 1.82) is 0 Å². The number of nitrogens with two attached hydrogens (primary N) is 1. The molecule has 1 aliphatic carbocycles. The second-order valence-electron chi connectivity index (χ2n) is 5.40. The summed E-state index contributed by atoms with van der Waals surface area (Å²) in [5, 5.41) is 3.50. The summed E-state index contributed by atoms with van der Waals surface area (Å²) in [6, 6.07) is 4.30. The first-order chi connectivity index (χ1) is 8.56. The molecule has 3 atom stereocenters. The van der Waals surface area contributed by atoms with Gasteiger partial charge in [-0.15, -0.1) is 0 Å². The van der Waals surface area contributed by atoms with Gasteiger partial charge in [0.15, 0.2) is 0 Å². The van der Waals surface area contributed by atoms with Gasteiger partial charge in [0, 0.05) is 17.8 Å². The van der Waals surface area contributed by atoms with Gasteiger partial charge in [-0.25, -0.2) is 4.98 Å². The normalized spacial score (nSPS) is 27.8. The van der Waals surface area contributed by atoms with Gasteiger partial charge in [-0.1, -0.05) is 26.1 Å². The predicted molar refractivity (Wildman–Crippen MR) is 79.7 cm³/mol. The maximum absolute atomic E-state index is 5.63. The van der Waals surface area contributed by atoms with Crippen LogP contribution in [0.15, 0.2) is 18.3 Å². The van der Waals surface area contributed by atoms with Crippen LogP contribution in [0.3, 0.4) is 0 Å². The Kier molecular flexibility index (Phi) is 4.17. The minimum atomic E-state index is 0.422. The molecule has 1 aromatic rings. The van der Waals surface area contributed by atoms with Gasteiger partial charge in [-0.2, -0.15) is 0 Å². The Morgan fingerprint density at radius 2 is 2.17 bits per heavy atom. The minimum Gasteiger partial charge on any atom is -0.389 e. The summed E-state index contributed by atoms with van der Waals surface area (Å²) in [6.45, 7) is 4.67. The van der Waals surface area contributed by atoms with Crippen molar-refractivity contribution in [2.45, 2.75) is 39.2 Å². The molecular weight excluding hydrogens is 242 g/mol. The van der Waals surface area contributed by atoms with Gasteiger partial charge >= 0.3 is 0 Å². The molecule has 3 unspecified atom stereocenters. The van der Waals surface area contributed by atoms with E-state index in [2.05, 4.69) is 24.1 Å². The standard InChI is InChI=1S/C14H21N3S/c1-9-3-4-12(7-10(9)2)17-13-8-11(14(15)18)5-6-16-13/h5-6,8-10,12H,3-4,7H2,1-2H3,(H2,15,18)(H,16,17). The first kappa shape index (κ1) is 13.3. The van der Waals surface area contributed by atoms with Gasteiger partial charge in [0.25, 0.3) is 0 Å². The van der Waals surface area contributed by atoms with Crippen LogP contribution in [0.2, 0.25) is 0 Å². The summed E-state index contributed by atoms with van der Waals surface area (Å²) < 4.78 is 0. The fourth-order valence-electron chi connectivity index (χ4n) is 2.55. The quantitative estimate of drug-likeness (QED) is 0.823. The number of rotatable bonds is 3. The van der Waals surface area contributed by atoms with Gasteiger partial charge < -0.3 is 11.1 Å². The Labute approximate surface area is 114 Å². The number of thiocarbonyl (C=S) groups is 1. The molecule has 1 fully saturated rings. The second kappa shape index (κ2) is 5.65. The highest BCUT2D eigenvalue weighted by atomic mass is 32.1. The fraction of sp³-hybridized carbons (Fsp3) is 0.571. The number of aromatic nitrogens is 1. The summed E-state index contributed by atoms with van der Waals surface area (Å²) in [4.78, 5) is 4.76. The molecule has 2 rings (SSSR count). The molecule has 0 radical (unpaired) electrons. The van der Waals surface area contributed by atoms with Crippen molar-refractivity contribution in [1.82, 2.24) is 4.98 Å². The highest BCUT2D eigenvalue weighted by molar-refractivity contribution is 7.80. The van der Waals surface area contributed by atoms with E-state index in [9.17, 15) is 0 Å². The van der Waals surface area contributed by atoms with Crippen LogP contribution in [0, 0.1) is 11.8 Å². The van der Waals surface area contributed by atoms with Crippen molar-refractivity contribution in [2.24, 2.45) is 17.6 Å². The molecule has 18 heavy (non-hydrogen) atoms. The monoisotopic (exact) mass is 263 g/mol. The van der Waals surface area contributed by atoms with Gasteiger partial charge in [0.2, 0.25) is 0 Å². The molecule has 0 spiro atoms. The predicted octanol–water partition coefficient (Wildman–Crippen LogP) is 2.95. The first-order valence-electron chi connectivity index (χ1n) is 6.58. The van der Waals surface area contributed by atoms with Crippen LogP contribution in [-0.2, 0) is 0 Å². The summed E-state index contributed by atoms with van der Waals surface area (Å²) in [5.74, 6) is 2.49. The molecule has 1 heterocycles. The van der Waals surface area contributed by atoms with E-state index in [0.29, 0.717) is 11.0 Å². The zero-order valence-corrected chi connectivity index (χ0v) is 11.8. The molecule has 0 aromatic carbocycles. The third-order valence-corrected chi connectivity index (χ3v) is 4.23. The molecule has 1 aliphatic rings. The third kappa shape index (κ3) is 3.19. The molecule has 1 saturated carbocycles. The van der Waals surface area contributed by atoms with Crippen molar-refractivity contribution >= 4 is 23.0 Å². The van der Waals surface area contributed by atoms with E-state index in [1.54, 1.807) is 6.20 Å². The van der Waals surface area contributed by atoms with Crippen LogP contribution in [0.4, 0.5) is 5.82 Å². The Morgan fingerprint density at radius 3 is 2.83 bits per heavy atom. The van der Waals surface area contributed by atoms with Crippen LogP contribution < -0.4 is 11.1 Å². The summed E-state index contributed by atoms with van der Waals surface area (Å²) in [5.41, 5.74) is 6.51. The van der Waals surface area contributed by atoms with Crippen LogP contribution >= 0.6 is 12.2 Å². The molecule has 3 nitrogen and oxygen atoms in total. The van der Waals surface area contributed by atoms with Gasteiger partial charge in [-0.3, -0.25) is 0 Å². The molecule has 0 aliphatic heterocycles. The van der Waals surface area contributed by atoms with E-state index in [0.717, 1.165) is 23.2 Å². The fourth-order valence-corrected chi connectivity index (χ4v) is 2.68. The smallest absolute Gasteiger partial charge is 0.126 e. The zero-order valence-electron chi connectivity index (χ0n) is 11.0. The van der Waals surface area contributed by atoms with Crippen molar-refractivity contribution in [3.8, 4) is 0 Å². The molecule has 98 valence electrons. The molecule has 1 aromatic heterocycles. The SMILES string of the molecule is CC1CCC(Nc2cc(C(N)=S)ccn2)CC1C. The van der Waals surface area contributed by atoms with E-state index in [1.807, 2.05) is 12.1 Å². The molecule has 0 amide bonds. The highest BCUT2D eigenvalue weighted by Gasteiger charge is 2.24. The average Bonchev–Trinajstić information content (AvgIpc) is 2.34. The lowest BCUT2D eigenvalue weighted by Gasteiger charge is -2.32. The molecule has 4 heteroatoms. The van der Waals surface area contributed by atoms with Gasteiger partial charge in [0.1, 0.15) is 10.8 Å². The van der Waals surface area contributed by atoms with Crippen molar-refractivity contribution in [3.63, 3.8) is 0 Å². The third-order valence-electron chi connectivity index (χ3n) is 3.99. The van der Waals surface area contributed by atoms with Crippen LogP contribution in [-0.4, -0.2) is 16.0 Å². The van der Waals surface area contributed by atoms with Crippen molar-refractivity contribution < 1.29 is 0 Å². The maximum Gasteiger partial charge on any atom is 0.126 e. The van der Waals surface area contributed by atoms with E-state index >= 15 is 0 Å². The van der Waals surface area contributed by atoms with Gasteiger partial charge in [0.05, 0.1) is 0 Å². The lowest BCUT2D eigenvalue weighted by molar-refractivity contribution is 0.260. The molecular formula is C14H21N3S. The van der Waals surface area contributed by atoms with Crippen molar-refractivity contribution in [2.75, 3.05) is 5.32 Å². The maximum atomic E-state index is 5.63.